The number of hydrogen-bond acceptors (Lipinski definition) is 3. The Hall–Kier alpha value is 0.01000. The number of nitrogens with one attached hydrogen (secondary N) is 1. The monoisotopic (exact) mass is 245 g/mol. The predicted molar refractivity (Wildman–Crippen MR) is 68.0 cm³/mol. The van der Waals surface area contributed by atoms with Crippen LogP contribution < -0.4 is 5.32 Å². The van der Waals surface area contributed by atoms with Crippen molar-refractivity contribution in [3.05, 3.63) is 23.2 Å². The molecule has 0 spiro atoms. The summed E-state index contributed by atoms with van der Waals surface area (Å²) in [5.74, 6) is 2.42. The van der Waals surface area contributed by atoms with Crippen LogP contribution in [0.4, 0.5) is 5.69 Å². The van der Waals surface area contributed by atoms with E-state index in [9.17, 15) is 0 Å². The fraction of sp³-hybridized carbons (Fsp3) is 0.400. The van der Waals surface area contributed by atoms with E-state index in [4.69, 9.17) is 11.6 Å². The Kier molecular flexibility index (Phi) is 3.52. The third-order valence-corrected chi connectivity index (χ3v) is 4.66. The third-order valence-electron chi connectivity index (χ3n) is 2.16. The van der Waals surface area contributed by atoms with Crippen molar-refractivity contribution in [2.75, 3.05) is 23.1 Å². The third kappa shape index (κ3) is 2.33. The van der Waals surface area contributed by atoms with Gasteiger partial charge in [-0.3, -0.25) is 0 Å². The Morgan fingerprint density at radius 3 is 2.79 bits per heavy atom. The number of halogens is 1. The van der Waals surface area contributed by atoms with Gasteiger partial charge < -0.3 is 5.32 Å². The molecule has 0 aromatic heterocycles. The Labute approximate surface area is 98.0 Å². The number of benzene rings is 1. The molecular formula is C10H12ClNS2. The fourth-order valence-electron chi connectivity index (χ4n) is 1.31. The highest BCUT2D eigenvalue weighted by molar-refractivity contribution is 8.00. The second-order valence-electron chi connectivity index (χ2n) is 3.23. The molecule has 1 nitrogen and oxygen atoms in total. The fourth-order valence-corrected chi connectivity index (χ4v) is 2.82. The zero-order valence-electron chi connectivity index (χ0n) is 7.92. The van der Waals surface area contributed by atoms with Gasteiger partial charge in [-0.1, -0.05) is 11.6 Å². The summed E-state index contributed by atoms with van der Waals surface area (Å²) in [7, 11) is 0. The lowest BCUT2D eigenvalue weighted by atomic mass is 10.3. The number of anilines is 1. The van der Waals surface area contributed by atoms with Gasteiger partial charge in [-0.15, -0.1) is 11.8 Å². The van der Waals surface area contributed by atoms with Gasteiger partial charge in [0, 0.05) is 28.1 Å². The maximum Gasteiger partial charge on any atom is 0.0562 e. The van der Waals surface area contributed by atoms with Crippen LogP contribution in [-0.4, -0.2) is 23.8 Å². The van der Waals surface area contributed by atoms with E-state index in [1.807, 2.05) is 24.1 Å². The molecule has 0 unspecified atom stereocenters. The van der Waals surface area contributed by atoms with Crippen LogP contribution in [0, 0.1) is 0 Å². The summed E-state index contributed by atoms with van der Waals surface area (Å²) in [4.78, 5) is 1.14. The molecule has 1 aromatic rings. The molecule has 0 saturated carbocycles. The van der Waals surface area contributed by atoms with Gasteiger partial charge in [0.25, 0.3) is 0 Å². The summed E-state index contributed by atoms with van der Waals surface area (Å²) in [6.45, 7) is 0. The van der Waals surface area contributed by atoms with Crippen LogP contribution in [0.1, 0.15) is 0 Å². The average molecular weight is 246 g/mol. The lowest BCUT2D eigenvalue weighted by molar-refractivity contribution is 0.882. The first-order valence-electron chi connectivity index (χ1n) is 4.47. The van der Waals surface area contributed by atoms with Crippen LogP contribution in [0.5, 0.6) is 0 Å². The highest BCUT2D eigenvalue weighted by Gasteiger charge is 2.17. The molecule has 76 valence electrons. The second kappa shape index (κ2) is 4.69. The van der Waals surface area contributed by atoms with Gasteiger partial charge in [0.05, 0.1) is 5.02 Å². The van der Waals surface area contributed by atoms with Crippen molar-refractivity contribution in [1.29, 1.82) is 0 Å². The van der Waals surface area contributed by atoms with E-state index in [0.717, 1.165) is 15.6 Å². The van der Waals surface area contributed by atoms with E-state index in [0.29, 0.717) is 6.04 Å². The van der Waals surface area contributed by atoms with Gasteiger partial charge in [-0.25, -0.2) is 0 Å². The van der Waals surface area contributed by atoms with Crippen molar-refractivity contribution in [3.63, 3.8) is 0 Å². The maximum absolute atomic E-state index is 6.11. The molecule has 0 bridgehead atoms. The van der Waals surface area contributed by atoms with Crippen LogP contribution in [0.3, 0.4) is 0 Å². The van der Waals surface area contributed by atoms with Crippen molar-refractivity contribution in [2.24, 2.45) is 0 Å². The van der Waals surface area contributed by atoms with E-state index < -0.39 is 0 Å². The molecule has 14 heavy (non-hydrogen) atoms. The average Bonchev–Trinajstić information content (AvgIpc) is 2.12. The van der Waals surface area contributed by atoms with E-state index in [-0.39, 0.29) is 0 Å². The molecule has 2 rings (SSSR count). The first kappa shape index (κ1) is 10.5. The van der Waals surface area contributed by atoms with Crippen molar-refractivity contribution < 1.29 is 0 Å². The van der Waals surface area contributed by atoms with Gasteiger partial charge in [0.15, 0.2) is 0 Å². The molecule has 0 atom stereocenters. The standard InChI is InChI=1S/C10H12ClNS2/c1-13-10-3-2-7(4-9(10)11)12-8-5-14-6-8/h2-4,8,12H,5-6H2,1H3. The minimum absolute atomic E-state index is 0.635. The first-order valence-corrected chi connectivity index (χ1v) is 7.23. The molecular weight excluding hydrogens is 234 g/mol. The van der Waals surface area contributed by atoms with Crippen LogP contribution >= 0.6 is 35.1 Å². The Balaban J connectivity index is 2.07. The Bertz CT molecular complexity index is 326. The normalized spacial score (nSPS) is 16.4. The number of rotatable bonds is 3. The van der Waals surface area contributed by atoms with E-state index >= 15 is 0 Å². The zero-order valence-corrected chi connectivity index (χ0v) is 10.3. The molecule has 1 N–H and O–H groups in total. The smallest absolute Gasteiger partial charge is 0.0562 e. The zero-order chi connectivity index (χ0) is 9.97. The number of thioether (sulfide) groups is 2. The molecule has 0 radical (unpaired) electrons. The topological polar surface area (TPSA) is 12.0 Å². The minimum Gasteiger partial charge on any atom is -0.381 e. The van der Waals surface area contributed by atoms with E-state index in [1.54, 1.807) is 11.8 Å². The Morgan fingerprint density at radius 1 is 1.50 bits per heavy atom. The quantitative estimate of drug-likeness (QED) is 0.818. The summed E-state index contributed by atoms with van der Waals surface area (Å²) in [6, 6.07) is 6.81. The summed E-state index contributed by atoms with van der Waals surface area (Å²) in [5, 5.41) is 4.30. The van der Waals surface area contributed by atoms with Crippen molar-refractivity contribution in [2.45, 2.75) is 10.9 Å². The van der Waals surface area contributed by atoms with Gasteiger partial charge in [0.1, 0.15) is 0 Å². The van der Waals surface area contributed by atoms with Gasteiger partial charge in [0.2, 0.25) is 0 Å². The summed E-state index contributed by atoms with van der Waals surface area (Å²) in [6.07, 6.45) is 2.04. The van der Waals surface area contributed by atoms with Gasteiger partial charge in [-0.05, 0) is 24.5 Å². The first-order chi connectivity index (χ1) is 6.79. The minimum atomic E-state index is 0.635. The summed E-state index contributed by atoms with van der Waals surface area (Å²) in [5.41, 5.74) is 1.14. The lowest BCUT2D eigenvalue weighted by Gasteiger charge is -2.27. The van der Waals surface area contributed by atoms with Crippen molar-refractivity contribution in [3.8, 4) is 0 Å². The molecule has 1 aliphatic heterocycles. The lowest BCUT2D eigenvalue weighted by Crippen LogP contribution is -2.33. The van der Waals surface area contributed by atoms with Gasteiger partial charge >= 0.3 is 0 Å². The summed E-state index contributed by atoms with van der Waals surface area (Å²) < 4.78 is 0. The molecule has 1 saturated heterocycles. The van der Waals surface area contributed by atoms with Crippen LogP contribution in [0.25, 0.3) is 0 Å². The largest absolute Gasteiger partial charge is 0.381 e. The van der Waals surface area contributed by atoms with Crippen molar-refractivity contribution >= 4 is 40.8 Å². The van der Waals surface area contributed by atoms with Gasteiger partial charge in [-0.2, -0.15) is 11.8 Å². The molecule has 0 aliphatic carbocycles. The highest BCUT2D eigenvalue weighted by atomic mass is 35.5. The molecule has 1 aromatic carbocycles. The van der Waals surface area contributed by atoms with Crippen LogP contribution in [0.2, 0.25) is 5.02 Å². The SMILES string of the molecule is CSc1ccc(NC2CSC2)cc1Cl. The van der Waals surface area contributed by atoms with Crippen molar-refractivity contribution in [1.82, 2.24) is 0 Å². The van der Waals surface area contributed by atoms with E-state index in [2.05, 4.69) is 17.4 Å². The van der Waals surface area contributed by atoms with Crippen LogP contribution in [0.15, 0.2) is 23.1 Å². The highest BCUT2D eigenvalue weighted by Crippen LogP contribution is 2.29. The predicted octanol–water partition coefficient (Wildman–Crippen LogP) is 3.59. The van der Waals surface area contributed by atoms with Crippen LogP contribution in [-0.2, 0) is 0 Å². The van der Waals surface area contributed by atoms with E-state index in [1.165, 1.54) is 11.5 Å². The molecule has 0 amide bonds. The Morgan fingerprint density at radius 2 is 2.29 bits per heavy atom. The molecule has 1 fully saturated rings. The molecule has 1 heterocycles. The summed E-state index contributed by atoms with van der Waals surface area (Å²) >= 11 is 9.76. The second-order valence-corrected chi connectivity index (χ2v) is 5.56. The number of hydrogen-bond donors (Lipinski definition) is 1. The molecule has 4 heteroatoms. The maximum atomic E-state index is 6.11. The molecule has 1 aliphatic rings.